The van der Waals surface area contributed by atoms with Gasteiger partial charge in [0.1, 0.15) is 11.8 Å². The van der Waals surface area contributed by atoms with Crippen LogP contribution in [0.1, 0.15) is 6.42 Å². The minimum absolute atomic E-state index is 0.110. The fourth-order valence-corrected chi connectivity index (χ4v) is 3.50. The Kier molecular flexibility index (Phi) is 5.88. The number of carboxylic acid groups (broad SMARTS) is 1. The highest BCUT2D eigenvalue weighted by atomic mass is 32.2. The Morgan fingerprint density at radius 2 is 2.35 bits per heavy atom. The Labute approximate surface area is 140 Å². The van der Waals surface area contributed by atoms with Crippen molar-refractivity contribution in [3.8, 4) is 0 Å². The maximum Gasteiger partial charge on any atom is 0.322 e. The first-order valence-electron chi connectivity index (χ1n) is 6.57. The zero-order valence-corrected chi connectivity index (χ0v) is 13.6. The summed E-state index contributed by atoms with van der Waals surface area (Å²) in [7, 11) is 0. The van der Waals surface area contributed by atoms with Gasteiger partial charge in [-0.25, -0.2) is 4.98 Å². The molecular weight excluding hydrogens is 340 g/mol. The second kappa shape index (κ2) is 7.88. The topological polar surface area (TPSA) is 112 Å². The number of thiazole rings is 1. The van der Waals surface area contributed by atoms with Crippen molar-refractivity contribution in [1.29, 1.82) is 0 Å². The molecule has 8 nitrogen and oxygen atoms in total. The molecule has 0 saturated carbocycles. The van der Waals surface area contributed by atoms with Crippen LogP contribution in [0.4, 0.5) is 5.13 Å². The molecule has 0 radical (unpaired) electrons. The van der Waals surface area contributed by atoms with E-state index in [-0.39, 0.29) is 18.9 Å². The quantitative estimate of drug-likeness (QED) is 0.702. The number of hydrogen-bond acceptors (Lipinski definition) is 7. The highest BCUT2D eigenvalue weighted by Gasteiger charge is 2.38. The van der Waals surface area contributed by atoms with Crippen molar-refractivity contribution in [2.24, 2.45) is 4.99 Å². The monoisotopic (exact) mass is 354 g/mol. The average molecular weight is 354 g/mol. The van der Waals surface area contributed by atoms with E-state index in [0.29, 0.717) is 10.3 Å². The van der Waals surface area contributed by atoms with E-state index >= 15 is 0 Å². The number of carbonyl (C=O) groups is 3. The van der Waals surface area contributed by atoms with Gasteiger partial charge >= 0.3 is 5.97 Å². The Bertz CT molecular complexity index is 644. The number of rotatable bonds is 7. The lowest BCUT2D eigenvalue weighted by molar-refractivity contribution is -0.138. The van der Waals surface area contributed by atoms with Crippen LogP contribution < -0.4 is 5.32 Å². The van der Waals surface area contributed by atoms with Crippen molar-refractivity contribution in [1.82, 2.24) is 15.2 Å². The molecular formula is C13H14N4O4S2. The number of thioether (sulfide) groups is 1. The van der Waals surface area contributed by atoms with Crippen molar-refractivity contribution in [3.05, 3.63) is 24.2 Å². The lowest BCUT2D eigenvalue weighted by atomic mass is 10.2. The first-order chi connectivity index (χ1) is 11.0. The standard InChI is InChI=1S/C13H14N4O4S2/c1-2-4-17-11(21)8(6-9(18)15-7-10(19)20)23-13(17)16-12-14-3-5-22-12/h2-3,5,8H,1,4,6-7H2,(H,15,18)(H,19,20). The van der Waals surface area contributed by atoms with Gasteiger partial charge in [-0.1, -0.05) is 17.8 Å². The number of carboxylic acids is 1. The van der Waals surface area contributed by atoms with E-state index in [0.717, 1.165) is 11.8 Å². The maximum atomic E-state index is 12.4. The third-order valence-corrected chi connectivity index (χ3v) is 4.59. The molecule has 1 saturated heterocycles. The van der Waals surface area contributed by atoms with Crippen LogP contribution in [0.15, 0.2) is 29.2 Å². The van der Waals surface area contributed by atoms with E-state index in [1.807, 2.05) is 0 Å². The molecule has 1 fully saturated rings. The van der Waals surface area contributed by atoms with Crippen molar-refractivity contribution in [2.75, 3.05) is 13.1 Å². The normalized spacial score (nSPS) is 19.1. The number of aliphatic imine (C=N–C) groups is 1. The number of aliphatic carboxylic acids is 1. The highest BCUT2D eigenvalue weighted by molar-refractivity contribution is 8.15. The van der Waals surface area contributed by atoms with E-state index in [1.54, 1.807) is 17.7 Å². The van der Waals surface area contributed by atoms with Crippen LogP contribution in [0.3, 0.4) is 0 Å². The predicted octanol–water partition coefficient (Wildman–Crippen LogP) is 0.851. The molecule has 1 atom stereocenters. The Morgan fingerprint density at radius 1 is 1.57 bits per heavy atom. The largest absolute Gasteiger partial charge is 0.480 e. The second-order valence-electron chi connectivity index (χ2n) is 4.43. The first kappa shape index (κ1) is 17.2. The molecule has 2 rings (SSSR count). The summed E-state index contributed by atoms with van der Waals surface area (Å²) in [6.07, 6.45) is 3.07. The van der Waals surface area contributed by atoms with Crippen LogP contribution in [0, 0.1) is 0 Å². The van der Waals surface area contributed by atoms with Crippen LogP contribution in [-0.4, -0.2) is 56.3 Å². The molecule has 1 aliphatic heterocycles. The van der Waals surface area contributed by atoms with Gasteiger partial charge in [-0.15, -0.1) is 17.9 Å². The zero-order valence-electron chi connectivity index (χ0n) is 12.0. The van der Waals surface area contributed by atoms with Gasteiger partial charge in [0, 0.05) is 24.5 Å². The Balaban J connectivity index is 2.08. The van der Waals surface area contributed by atoms with Crippen molar-refractivity contribution in [2.45, 2.75) is 11.7 Å². The molecule has 1 aromatic rings. The lowest BCUT2D eigenvalue weighted by Crippen LogP contribution is -2.36. The SMILES string of the molecule is C=CCN1C(=O)C(CC(=O)NCC(=O)O)SC1=Nc1nccs1. The number of hydrogen-bond donors (Lipinski definition) is 2. The minimum Gasteiger partial charge on any atom is -0.480 e. The van der Waals surface area contributed by atoms with Crippen molar-refractivity contribution < 1.29 is 19.5 Å². The van der Waals surface area contributed by atoms with Gasteiger partial charge in [-0.3, -0.25) is 19.3 Å². The highest BCUT2D eigenvalue weighted by Crippen LogP contribution is 2.31. The molecule has 10 heteroatoms. The van der Waals surface area contributed by atoms with E-state index in [4.69, 9.17) is 5.11 Å². The molecule has 0 bridgehead atoms. The average Bonchev–Trinajstić information content (AvgIpc) is 3.10. The number of amidine groups is 1. The smallest absolute Gasteiger partial charge is 0.322 e. The van der Waals surface area contributed by atoms with Crippen LogP contribution in [0.2, 0.25) is 0 Å². The van der Waals surface area contributed by atoms with Crippen molar-refractivity contribution >= 4 is 51.2 Å². The van der Waals surface area contributed by atoms with Gasteiger partial charge in [0.15, 0.2) is 5.17 Å². The molecule has 1 aromatic heterocycles. The number of aromatic nitrogens is 1. The molecule has 0 spiro atoms. The number of nitrogens with zero attached hydrogens (tertiary/aromatic N) is 3. The molecule has 122 valence electrons. The number of amides is 2. The lowest BCUT2D eigenvalue weighted by Gasteiger charge is -2.13. The molecule has 1 aliphatic rings. The van der Waals surface area contributed by atoms with Gasteiger partial charge in [0.25, 0.3) is 0 Å². The zero-order chi connectivity index (χ0) is 16.8. The summed E-state index contributed by atoms with van der Waals surface area (Å²) < 4.78 is 0. The Hall–Kier alpha value is -2.20. The van der Waals surface area contributed by atoms with Gasteiger partial charge in [-0.05, 0) is 0 Å². The van der Waals surface area contributed by atoms with Gasteiger partial charge < -0.3 is 10.4 Å². The fourth-order valence-electron chi connectivity index (χ4n) is 1.79. The van der Waals surface area contributed by atoms with Gasteiger partial charge in [-0.2, -0.15) is 4.99 Å². The van der Waals surface area contributed by atoms with Crippen LogP contribution in [0.5, 0.6) is 0 Å². The van der Waals surface area contributed by atoms with Crippen LogP contribution >= 0.6 is 23.1 Å². The molecule has 2 amide bonds. The third-order valence-electron chi connectivity index (χ3n) is 2.75. The molecule has 2 heterocycles. The van der Waals surface area contributed by atoms with E-state index < -0.39 is 23.7 Å². The molecule has 0 aromatic carbocycles. The van der Waals surface area contributed by atoms with Crippen LogP contribution in [-0.2, 0) is 14.4 Å². The summed E-state index contributed by atoms with van der Waals surface area (Å²) in [6.45, 7) is 3.42. The summed E-state index contributed by atoms with van der Waals surface area (Å²) in [6, 6.07) is 0. The Morgan fingerprint density at radius 3 is 2.96 bits per heavy atom. The molecule has 23 heavy (non-hydrogen) atoms. The predicted molar refractivity (Wildman–Crippen MR) is 87.8 cm³/mol. The fraction of sp³-hybridized carbons (Fsp3) is 0.308. The maximum absolute atomic E-state index is 12.4. The summed E-state index contributed by atoms with van der Waals surface area (Å²) in [4.78, 5) is 44.3. The van der Waals surface area contributed by atoms with Gasteiger partial charge in [0.05, 0.1) is 0 Å². The van der Waals surface area contributed by atoms with E-state index in [2.05, 4.69) is 21.9 Å². The minimum atomic E-state index is -1.14. The second-order valence-corrected chi connectivity index (χ2v) is 6.47. The molecule has 0 aliphatic carbocycles. The third kappa shape index (κ3) is 4.63. The van der Waals surface area contributed by atoms with E-state index in [9.17, 15) is 14.4 Å². The summed E-state index contributed by atoms with van der Waals surface area (Å²) in [5.41, 5.74) is 0. The summed E-state index contributed by atoms with van der Waals surface area (Å²) >= 11 is 2.50. The first-order valence-corrected chi connectivity index (χ1v) is 8.32. The van der Waals surface area contributed by atoms with E-state index in [1.165, 1.54) is 16.2 Å². The van der Waals surface area contributed by atoms with Crippen molar-refractivity contribution in [3.63, 3.8) is 0 Å². The molecule has 1 unspecified atom stereocenters. The summed E-state index contributed by atoms with van der Waals surface area (Å²) in [5.74, 6) is -1.88. The summed E-state index contributed by atoms with van der Waals surface area (Å²) in [5, 5.41) is 12.9. The van der Waals surface area contributed by atoms with Gasteiger partial charge in [0.2, 0.25) is 16.9 Å². The number of carbonyl (C=O) groups excluding carboxylic acids is 2. The van der Waals surface area contributed by atoms with Crippen LogP contribution in [0.25, 0.3) is 0 Å². The molecule has 2 N–H and O–H groups in total. The number of nitrogens with one attached hydrogen (secondary N) is 1.